The van der Waals surface area contributed by atoms with Crippen LogP contribution in [0.4, 0.5) is 4.79 Å². The summed E-state index contributed by atoms with van der Waals surface area (Å²) in [7, 11) is 0. The maximum Gasteiger partial charge on any atom is 0.324 e. The van der Waals surface area contributed by atoms with E-state index in [0.717, 1.165) is 19.5 Å². The predicted octanol–water partition coefficient (Wildman–Crippen LogP) is 1.19. The number of rotatable bonds is 1. The van der Waals surface area contributed by atoms with Crippen LogP contribution in [0, 0.1) is 5.92 Å². The van der Waals surface area contributed by atoms with E-state index in [4.69, 9.17) is 11.6 Å². The first-order chi connectivity index (χ1) is 6.50. The Morgan fingerprint density at radius 1 is 1.57 bits per heavy atom. The monoisotopic (exact) mass is 218 g/mol. The maximum atomic E-state index is 11.4. The number of carbonyl (C=O) groups excluding carboxylic acids is 2. The molecule has 1 rings (SSSR count). The molecule has 0 spiro atoms. The Balaban J connectivity index is 2.39. The van der Waals surface area contributed by atoms with E-state index in [0.29, 0.717) is 5.92 Å². The van der Waals surface area contributed by atoms with Crippen LogP contribution in [0.25, 0.3) is 0 Å². The van der Waals surface area contributed by atoms with Gasteiger partial charge in [0.1, 0.15) is 5.38 Å². The normalized spacial score (nSPS) is 23.4. The summed E-state index contributed by atoms with van der Waals surface area (Å²) in [5.74, 6) is 0.0838. The van der Waals surface area contributed by atoms with Crippen molar-refractivity contribution in [3.05, 3.63) is 0 Å². The lowest BCUT2D eigenvalue weighted by Gasteiger charge is -2.16. The number of carbonyl (C=O) groups is 2. The number of nitrogens with one attached hydrogen (secondary N) is 1. The van der Waals surface area contributed by atoms with Gasteiger partial charge >= 0.3 is 6.03 Å². The molecule has 5 heteroatoms. The molecular formula is C9H15ClN2O2. The summed E-state index contributed by atoms with van der Waals surface area (Å²) in [6.07, 6.45) is 0.998. The number of nitrogens with zero attached hydrogens (tertiary/aromatic N) is 1. The second-order valence-corrected chi connectivity index (χ2v) is 4.40. The molecular weight excluding hydrogens is 204 g/mol. The van der Waals surface area contributed by atoms with Gasteiger partial charge in [0, 0.05) is 13.1 Å². The third kappa shape index (κ3) is 2.87. The first kappa shape index (κ1) is 11.3. The number of hydrogen-bond donors (Lipinski definition) is 1. The van der Waals surface area contributed by atoms with Crippen LogP contribution >= 0.6 is 11.6 Å². The highest BCUT2D eigenvalue weighted by Gasteiger charge is 2.25. The van der Waals surface area contributed by atoms with Gasteiger partial charge in [-0.3, -0.25) is 10.1 Å². The summed E-state index contributed by atoms with van der Waals surface area (Å²) < 4.78 is 0. The average Bonchev–Trinajstić information content (AvgIpc) is 2.51. The van der Waals surface area contributed by atoms with Gasteiger partial charge in [0.25, 0.3) is 0 Å². The minimum atomic E-state index is -0.668. The molecule has 80 valence electrons. The van der Waals surface area contributed by atoms with Crippen molar-refractivity contribution in [2.45, 2.75) is 25.6 Å². The quantitative estimate of drug-likeness (QED) is 0.673. The summed E-state index contributed by atoms with van der Waals surface area (Å²) >= 11 is 5.52. The molecule has 2 unspecified atom stereocenters. The van der Waals surface area contributed by atoms with Crippen LogP contribution < -0.4 is 5.32 Å². The summed E-state index contributed by atoms with van der Waals surface area (Å²) in [6.45, 7) is 5.06. The number of alkyl halides is 1. The lowest BCUT2D eigenvalue weighted by Crippen LogP contribution is -2.43. The second-order valence-electron chi connectivity index (χ2n) is 3.75. The number of halogens is 1. The number of imide groups is 1. The zero-order chi connectivity index (χ0) is 10.7. The summed E-state index contributed by atoms with van der Waals surface area (Å²) in [6, 6.07) is -0.327. The Bertz CT molecular complexity index is 243. The number of amides is 3. The fourth-order valence-corrected chi connectivity index (χ4v) is 1.46. The van der Waals surface area contributed by atoms with Crippen LogP contribution in [0.2, 0.25) is 0 Å². The molecule has 0 bridgehead atoms. The summed E-state index contributed by atoms with van der Waals surface area (Å²) in [5.41, 5.74) is 0. The van der Waals surface area contributed by atoms with Gasteiger partial charge in [-0.15, -0.1) is 11.6 Å². The summed E-state index contributed by atoms with van der Waals surface area (Å²) in [4.78, 5) is 24.2. The molecule has 3 amide bonds. The smallest absolute Gasteiger partial charge is 0.324 e. The Morgan fingerprint density at radius 2 is 2.21 bits per heavy atom. The fourth-order valence-electron chi connectivity index (χ4n) is 1.40. The molecule has 1 aliphatic rings. The van der Waals surface area contributed by atoms with E-state index in [1.807, 2.05) is 0 Å². The van der Waals surface area contributed by atoms with Crippen molar-refractivity contribution in [2.75, 3.05) is 13.1 Å². The summed E-state index contributed by atoms with van der Waals surface area (Å²) in [5, 5.41) is 1.59. The Kier molecular flexibility index (Phi) is 3.75. The Labute approximate surface area is 88.6 Å². The maximum absolute atomic E-state index is 11.4. The average molecular weight is 219 g/mol. The molecule has 0 aromatic carbocycles. The highest BCUT2D eigenvalue weighted by molar-refractivity contribution is 6.31. The van der Waals surface area contributed by atoms with Gasteiger partial charge in [0.05, 0.1) is 0 Å². The standard InChI is InChI=1S/C9H15ClN2O2/c1-6-3-4-12(5-6)9(14)11-8(13)7(2)10/h6-7H,3-5H2,1-2H3,(H,11,13,14). The third-order valence-electron chi connectivity index (χ3n) is 2.30. The lowest BCUT2D eigenvalue weighted by atomic mass is 10.2. The van der Waals surface area contributed by atoms with E-state index in [1.165, 1.54) is 6.92 Å². The van der Waals surface area contributed by atoms with Crippen molar-refractivity contribution >= 4 is 23.5 Å². The molecule has 1 N–H and O–H groups in total. The first-order valence-electron chi connectivity index (χ1n) is 4.74. The minimum Gasteiger partial charge on any atom is -0.324 e. The molecule has 1 saturated heterocycles. The van der Waals surface area contributed by atoms with Crippen LogP contribution in [0.5, 0.6) is 0 Å². The third-order valence-corrected chi connectivity index (χ3v) is 2.50. The van der Waals surface area contributed by atoms with Crippen molar-refractivity contribution in [1.82, 2.24) is 10.2 Å². The van der Waals surface area contributed by atoms with E-state index in [-0.39, 0.29) is 6.03 Å². The Hall–Kier alpha value is -0.770. The molecule has 1 fully saturated rings. The van der Waals surface area contributed by atoms with Gasteiger partial charge in [0.2, 0.25) is 5.91 Å². The van der Waals surface area contributed by atoms with Crippen LogP contribution in [0.3, 0.4) is 0 Å². The van der Waals surface area contributed by atoms with Crippen LogP contribution in [-0.2, 0) is 4.79 Å². The zero-order valence-corrected chi connectivity index (χ0v) is 9.17. The molecule has 0 saturated carbocycles. The lowest BCUT2D eigenvalue weighted by molar-refractivity contribution is -0.119. The first-order valence-corrected chi connectivity index (χ1v) is 5.18. The van der Waals surface area contributed by atoms with E-state index in [1.54, 1.807) is 4.90 Å². The largest absolute Gasteiger partial charge is 0.324 e. The van der Waals surface area contributed by atoms with Gasteiger partial charge < -0.3 is 4.90 Å². The number of urea groups is 1. The molecule has 0 aliphatic carbocycles. The van der Waals surface area contributed by atoms with Crippen molar-refractivity contribution in [3.63, 3.8) is 0 Å². The van der Waals surface area contributed by atoms with Crippen molar-refractivity contribution in [1.29, 1.82) is 0 Å². The number of hydrogen-bond acceptors (Lipinski definition) is 2. The van der Waals surface area contributed by atoms with Crippen LogP contribution in [0.15, 0.2) is 0 Å². The van der Waals surface area contributed by atoms with E-state index >= 15 is 0 Å². The SMILES string of the molecule is CC1CCN(C(=O)NC(=O)C(C)Cl)C1. The van der Waals surface area contributed by atoms with Gasteiger partial charge in [0.15, 0.2) is 0 Å². The van der Waals surface area contributed by atoms with E-state index in [9.17, 15) is 9.59 Å². The fraction of sp³-hybridized carbons (Fsp3) is 0.778. The molecule has 14 heavy (non-hydrogen) atoms. The molecule has 1 aliphatic heterocycles. The topological polar surface area (TPSA) is 49.4 Å². The molecule has 1 heterocycles. The predicted molar refractivity (Wildman–Crippen MR) is 54.2 cm³/mol. The molecule has 4 nitrogen and oxygen atoms in total. The molecule has 2 atom stereocenters. The van der Waals surface area contributed by atoms with E-state index < -0.39 is 11.3 Å². The molecule has 0 aromatic heterocycles. The van der Waals surface area contributed by atoms with Gasteiger partial charge in [-0.05, 0) is 19.3 Å². The zero-order valence-electron chi connectivity index (χ0n) is 8.42. The van der Waals surface area contributed by atoms with Crippen LogP contribution in [0.1, 0.15) is 20.3 Å². The minimum absolute atomic E-state index is 0.327. The van der Waals surface area contributed by atoms with Crippen LogP contribution in [-0.4, -0.2) is 35.3 Å². The van der Waals surface area contributed by atoms with Gasteiger partial charge in [-0.25, -0.2) is 4.79 Å². The van der Waals surface area contributed by atoms with Crippen molar-refractivity contribution in [2.24, 2.45) is 5.92 Å². The van der Waals surface area contributed by atoms with Gasteiger partial charge in [-0.2, -0.15) is 0 Å². The van der Waals surface area contributed by atoms with Crippen molar-refractivity contribution in [3.8, 4) is 0 Å². The highest BCUT2D eigenvalue weighted by Crippen LogP contribution is 2.14. The van der Waals surface area contributed by atoms with Crippen molar-refractivity contribution < 1.29 is 9.59 Å². The van der Waals surface area contributed by atoms with E-state index in [2.05, 4.69) is 12.2 Å². The molecule has 0 radical (unpaired) electrons. The Morgan fingerprint density at radius 3 is 2.64 bits per heavy atom. The number of likely N-dealkylation sites (tertiary alicyclic amines) is 1. The second kappa shape index (κ2) is 4.64. The van der Waals surface area contributed by atoms with Gasteiger partial charge in [-0.1, -0.05) is 6.92 Å². The molecule has 0 aromatic rings. The highest BCUT2D eigenvalue weighted by atomic mass is 35.5.